The number of hydrogen-bond donors (Lipinski definition) is 0. The van der Waals surface area contributed by atoms with E-state index in [9.17, 15) is 4.39 Å². The molecular weight excluding hydrogens is 189 g/mol. The van der Waals surface area contributed by atoms with Crippen LogP contribution in [0.25, 0.3) is 0 Å². The van der Waals surface area contributed by atoms with Crippen molar-refractivity contribution in [3.63, 3.8) is 0 Å². The summed E-state index contributed by atoms with van der Waals surface area (Å²) < 4.78 is 13.6. The molecule has 0 N–H and O–H groups in total. The molecule has 0 aliphatic rings. The van der Waals surface area contributed by atoms with Crippen LogP contribution in [0.15, 0.2) is 30.3 Å². The third-order valence-electron chi connectivity index (χ3n) is 2.17. The molecule has 0 heterocycles. The fraction of sp³-hybridized carbons (Fsp3) is 0.385. The quantitative estimate of drug-likeness (QED) is 0.666. The van der Waals surface area contributed by atoms with Crippen LogP contribution in [0.1, 0.15) is 5.56 Å². The highest BCUT2D eigenvalue weighted by atomic mass is 19.1. The Kier molecular flexibility index (Phi) is 4.86. The first-order valence-electron chi connectivity index (χ1n) is 5.02. The fourth-order valence-corrected chi connectivity index (χ4v) is 1.49. The van der Waals surface area contributed by atoms with Crippen LogP contribution in [-0.2, 0) is 6.42 Å². The van der Waals surface area contributed by atoms with Crippen molar-refractivity contribution >= 4 is 0 Å². The normalized spacial score (nSPS) is 12.4. The summed E-state index contributed by atoms with van der Waals surface area (Å²) in [5.74, 6) is 2.50. The van der Waals surface area contributed by atoms with E-state index in [4.69, 9.17) is 6.42 Å². The summed E-state index contributed by atoms with van der Waals surface area (Å²) in [5.41, 5.74) is 1.03. The molecule has 0 radical (unpaired) electrons. The molecule has 0 amide bonds. The van der Waals surface area contributed by atoms with Crippen LogP contribution in [0.2, 0.25) is 0 Å². The van der Waals surface area contributed by atoms with E-state index < -0.39 is 6.17 Å². The van der Waals surface area contributed by atoms with Gasteiger partial charge < -0.3 is 0 Å². The van der Waals surface area contributed by atoms with Crippen molar-refractivity contribution in [2.24, 2.45) is 0 Å². The Labute approximate surface area is 90.9 Å². The van der Waals surface area contributed by atoms with Gasteiger partial charge in [-0.2, -0.15) is 0 Å². The number of alkyl halides is 1. The van der Waals surface area contributed by atoms with Crippen LogP contribution in [0.4, 0.5) is 4.39 Å². The summed E-state index contributed by atoms with van der Waals surface area (Å²) in [5, 5.41) is 0. The lowest BCUT2D eigenvalue weighted by Crippen LogP contribution is -2.28. The van der Waals surface area contributed by atoms with Gasteiger partial charge in [0.1, 0.15) is 6.17 Å². The van der Waals surface area contributed by atoms with Crippen molar-refractivity contribution in [3.05, 3.63) is 35.9 Å². The van der Waals surface area contributed by atoms with Crippen LogP contribution in [0.5, 0.6) is 0 Å². The Morgan fingerprint density at radius 2 is 2.07 bits per heavy atom. The molecule has 0 aromatic heterocycles. The summed E-state index contributed by atoms with van der Waals surface area (Å²) in [6.07, 6.45) is 4.74. The van der Waals surface area contributed by atoms with Crippen LogP contribution in [0.3, 0.4) is 0 Å². The lowest BCUT2D eigenvalue weighted by molar-refractivity contribution is 0.234. The predicted octanol–water partition coefficient (Wildman–Crippen LogP) is 2.13. The van der Waals surface area contributed by atoms with Crippen LogP contribution in [-0.4, -0.2) is 31.2 Å². The second-order valence-corrected chi connectivity index (χ2v) is 3.69. The van der Waals surface area contributed by atoms with E-state index in [1.807, 2.05) is 42.3 Å². The van der Waals surface area contributed by atoms with E-state index in [2.05, 4.69) is 5.92 Å². The van der Waals surface area contributed by atoms with Gasteiger partial charge in [0.05, 0.1) is 6.54 Å². The number of rotatable bonds is 5. The molecule has 1 atom stereocenters. The topological polar surface area (TPSA) is 3.24 Å². The first-order chi connectivity index (χ1) is 7.22. The minimum Gasteiger partial charge on any atom is -0.293 e. The summed E-state index contributed by atoms with van der Waals surface area (Å²) in [7, 11) is 1.83. The molecule has 1 aromatic rings. The Morgan fingerprint density at radius 1 is 1.40 bits per heavy atom. The van der Waals surface area contributed by atoms with Gasteiger partial charge in [-0.1, -0.05) is 36.3 Å². The van der Waals surface area contributed by atoms with Gasteiger partial charge in [0.15, 0.2) is 0 Å². The number of terminal acetylenes is 1. The molecule has 0 aliphatic carbocycles. The zero-order valence-electron chi connectivity index (χ0n) is 8.99. The van der Waals surface area contributed by atoms with Gasteiger partial charge in [0.25, 0.3) is 0 Å². The monoisotopic (exact) mass is 205 g/mol. The Morgan fingerprint density at radius 3 is 2.67 bits per heavy atom. The van der Waals surface area contributed by atoms with Gasteiger partial charge in [-0.25, -0.2) is 4.39 Å². The van der Waals surface area contributed by atoms with Crippen molar-refractivity contribution in [2.45, 2.75) is 12.6 Å². The molecule has 0 spiro atoms. The maximum atomic E-state index is 13.6. The molecule has 0 aliphatic heterocycles. The second-order valence-electron chi connectivity index (χ2n) is 3.69. The number of halogens is 1. The number of hydrogen-bond acceptors (Lipinski definition) is 1. The minimum atomic E-state index is -0.856. The fourth-order valence-electron chi connectivity index (χ4n) is 1.49. The number of benzene rings is 1. The van der Waals surface area contributed by atoms with E-state index in [1.54, 1.807) is 0 Å². The molecule has 1 unspecified atom stereocenters. The molecule has 0 bridgehead atoms. The predicted molar refractivity (Wildman–Crippen MR) is 61.4 cm³/mol. The number of nitrogens with zero attached hydrogens (tertiary/aromatic N) is 1. The largest absolute Gasteiger partial charge is 0.293 e. The zero-order chi connectivity index (χ0) is 11.1. The summed E-state index contributed by atoms with van der Waals surface area (Å²) in [6, 6.07) is 9.66. The lowest BCUT2D eigenvalue weighted by atomic mass is 10.1. The third-order valence-corrected chi connectivity index (χ3v) is 2.17. The SMILES string of the molecule is C#CCN(C)CC(F)Cc1ccccc1. The van der Waals surface area contributed by atoms with Gasteiger partial charge in [-0.3, -0.25) is 4.90 Å². The third kappa shape index (κ3) is 4.62. The molecule has 80 valence electrons. The molecule has 0 fully saturated rings. The van der Waals surface area contributed by atoms with Crippen molar-refractivity contribution < 1.29 is 4.39 Å². The standard InChI is InChI=1S/C13H16FN/c1-3-9-15(2)11-13(14)10-12-7-5-4-6-8-12/h1,4-8,13H,9-11H2,2H3. The minimum absolute atomic E-state index is 0.388. The molecular formula is C13H16FN. The van der Waals surface area contributed by atoms with Crippen LogP contribution in [0, 0.1) is 12.3 Å². The van der Waals surface area contributed by atoms with E-state index in [0.29, 0.717) is 19.5 Å². The maximum absolute atomic E-state index is 13.6. The van der Waals surface area contributed by atoms with Crippen molar-refractivity contribution in [3.8, 4) is 12.3 Å². The summed E-state index contributed by atoms with van der Waals surface area (Å²) in [6.45, 7) is 0.883. The Hall–Kier alpha value is -1.33. The van der Waals surface area contributed by atoms with Gasteiger partial charge >= 0.3 is 0 Å². The van der Waals surface area contributed by atoms with Crippen molar-refractivity contribution in [2.75, 3.05) is 20.1 Å². The summed E-state index contributed by atoms with van der Waals surface area (Å²) >= 11 is 0. The molecule has 1 nitrogen and oxygen atoms in total. The first kappa shape index (κ1) is 11.7. The van der Waals surface area contributed by atoms with E-state index in [-0.39, 0.29) is 0 Å². The molecule has 2 heteroatoms. The molecule has 0 saturated heterocycles. The van der Waals surface area contributed by atoms with Crippen LogP contribution >= 0.6 is 0 Å². The van der Waals surface area contributed by atoms with Gasteiger partial charge in [-0.15, -0.1) is 6.42 Å². The Balaban J connectivity index is 2.37. The molecule has 0 saturated carbocycles. The lowest BCUT2D eigenvalue weighted by Gasteiger charge is -2.16. The molecule has 1 rings (SSSR count). The highest BCUT2D eigenvalue weighted by molar-refractivity contribution is 5.15. The first-order valence-corrected chi connectivity index (χ1v) is 5.02. The molecule has 15 heavy (non-hydrogen) atoms. The van der Waals surface area contributed by atoms with E-state index in [1.165, 1.54) is 0 Å². The van der Waals surface area contributed by atoms with Gasteiger partial charge in [0, 0.05) is 13.0 Å². The van der Waals surface area contributed by atoms with Gasteiger partial charge in [0.2, 0.25) is 0 Å². The van der Waals surface area contributed by atoms with E-state index in [0.717, 1.165) is 5.56 Å². The zero-order valence-corrected chi connectivity index (χ0v) is 8.99. The average molecular weight is 205 g/mol. The smallest absolute Gasteiger partial charge is 0.117 e. The van der Waals surface area contributed by atoms with E-state index >= 15 is 0 Å². The van der Waals surface area contributed by atoms with Gasteiger partial charge in [-0.05, 0) is 12.6 Å². The van der Waals surface area contributed by atoms with Crippen molar-refractivity contribution in [1.29, 1.82) is 0 Å². The Bertz CT molecular complexity index is 315. The molecule has 1 aromatic carbocycles. The highest BCUT2D eigenvalue weighted by Crippen LogP contribution is 2.06. The average Bonchev–Trinajstić information content (AvgIpc) is 2.19. The van der Waals surface area contributed by atoms with Crippen molar-refractivity contribution in [1.82, 2.24) is 4.90 Å². The van der Waals surface area contributed by atoms with Crippen LogP contribution < -0.4 is 0 Å². The summed E-state index contributed by atoms with van der Waals surface area (Å²) in [4.78, 5) is 1.81. The second kappa shape index (κ2) is 6.21. The highest BCUT2D eigenvalue weighted by Gasteiger charge is 2.09. The maximum Gasteiger partial charge on any atom is 0.117 e.